The number of halogens is 1. The molecule has 0 radical (unpaired) electrons. The van der Waals surface area contributed by atoms with E-state index in [-0.39, 0.29) is 9.70 Å². The van der Waals surface area contributed by atoms with Gasteiger partial charge < -0.3 is 14.8 Å². The molecule has 1 aliphatic rings. The maximum absolute atomic E-state index is 12.4. The summed E-state index contributed by atoms with van der Waals surface area (Å²) < 4.78 is 34.8. The van der Waals surface area contributed by atoms with Gasteiger partial charge in [0, 0.05) is 29.2 Å². The first-order chi connectivity index (χ1) is 12.9. The van der Waals surface area contributed by atoms with Crippen molar-refractivity contribution in [1.82, 2.24) is 9.10 Å². The van der Waals surface area contributed by atoms with Crippen molar-refractivity contribution < 1.29 is 18.4 Å². The number of anilines is 1. The summed E-state index contributed by atoms with van der Waals surface area (Å²) in [7, 11) is -3.97. The normalized spacial score (nSPS) is 14.3. The largest absolute Gasteiger partial charge is 0.471 e. The molecule has 0 spiro atoms. The van der Waals surface area contributed by atoms with E-state index in [2.05, 4.69) is 9.38 Å². The van der Waals surface area contributed by atoms with E-state index in [1.165, 1.54) is 12.1 Å². The molecule has 0 aliphatic carbocycles. The first-order valence-electron chi connectivity index (χ1n) is 7.72. The zero-order chi connectivity index (χ0) is 19.0. The lowest BCUT2D eigenvalue weighted by atomic mass is 10.2. The molecule has 11 heteroatoms. The van der Waals surface area contributed by atoms with Gasteiger partial charge in [0.1, 0.15) is 12.1 Å². The molecular formula is C16H13ClN4O4S2. The van der Waals surface area contributed by atoms with Gasteiger partial charge in [-0.15, -0.1) is 8.52 Å². The zero-order valence-corrected chi connectivity index (χ0v) is 16.1. The number of sulfonamides is 1. The first kappa shape index (κ1) is 17.8. The van der Waals surface area contributed by atoms with Gasteiger partial charge in [-0.05, 0) is 29.8 Å². The number of rotatable bonds is 4. The number of ether oxygens (including phenoxy) is 1. The van der Waals surface area contributed by atoms with Crippen molar-refractivity contribution >= 4 is 38.8 Å². The second-order valence-electron chi connectivity index (χ2n) is 5.71. The maximum Gasteiger partial charge on any atom is 0.285 e. The monoisotopic (exact) mass is 424 g/mol. The molecule has 1 N–H and O–H groups in total. The lowest BCUT2D eigenvalue weighted by Gasteiger charge is -2.16. The van der Waals surface area contributed by atoms with Crippen LogP contribution in [0.2, 0.25) is 5.02 Å². The molecule has 0 fully saturated rings. The average molecular weight is 425 g/mol. The minimum Gasteiger partial charge on any atom is -0.471 e. The summed E-state index contributed by atoms with van der Waals surface area (Å²) in [6.45, 7) is 0.922. The van der Waals surface area contributed by atoms with Crippen LogP contribution in [0.3, 0.4) is 0 Å². The van der Waals surface area contributed by atoms with Gasteiger partial charge in [0.05, 0.1) is 10.6 Å². The molecule has 0 bridgehead atoms. The van der Waals surface area contributed by atoms with Crippen molar-refractivity contribution in [3.8, 4) is 5.75 Å². The van der Waals surface area contributed by atoms with E-state index in [0.717, 1.165) is 17.6 Å². The van der Waals surface area contributed by atoms with Gasteiger partial charge in [-0.2, -0.15) is 8.42 Å². The van der Waals surface area contributed by atoms with Crippen molar-refractivity contribution in [3.05, 3.63) is 64.2 Å². The van der Waals surface area contributed by atoms with Crippen molar-refractivity contribution in [2.24, 2.45) is 4.40 Å². The Morgan fingerprint density at radius 1 is 1.26 bits per heavy atom. The molecule has 27 heavy (non-hydrogen) atoms. The predicted molar refractivity (Wildman–Crippen MR) is 99.6 cm³/mol. The lowest BCUT2D eigenvalue weighted by molar-refractivity contribution is 0.216. The number of nitrogens with zero attached hydrogens (tertiary/aromatic N) is 4. The first-order valence-corrected chi connectivity index (χ1v) is 10.3. The van der Waals surface area contributed by atoms with Gasteiger partial charge in [0.2, 0.25) is 4.80 Å². The molecule has 0 unspecified atom stereocenters. The predicted octanol–water partition coefficient (Wildman–Crippen LogP) is 2.48. The van der Waals surface area contributed by atoms with Crippen molar-refractivity contribution in [1.29, 1.82) is 0 Å². The van der Waals surface area contributed by atoms with Crippen molar-refractivity contribution in [2.45, 2.75) is 11.4 Å². The fraction of sp³-hybridized carbons (Fsp3) is 0.125. The van der Waals surface area contributed by atoms with Gasteiger partial charge in [0.25, 0.3) is 10.0 Å². The summed E-state index contributed by atoms with van der Waals surface area (Å²) in [6.07, 6.45) is 1.07. The Labute approximate surface area is 163 Å². The van der Waals surface area contributed by atoms with Gasteiger partial charge >= 0.3 is 0 Å². The summed E-state index contributed by atoms with van der Waals surface area (Å²) in [5.41, 5.74) is 1.86. The molecule has 0 saturated heterocycles. The van der Waals surface area contributed by atoms with Crippen LogP contribution >= 0.6 is 23.1 Å². The van der Waals surface area contributed by atoms with E-state index in [4.69, 9.17) is 16.3 Å². The zero-order valence-electron chi connectivity index (χ0n) is 13.7. The third kappa shape index (κ3) is 3.77. The van der Waals surface area contributed by atoms with Crippen molar-refractivity contribution in [2.75, 3.05) is 11.6 Å². The van der Waals surface area contributed by atoms with E-state index < -0.39 is 10.0 Å². The fourth-order valence-electron chi connectivity index (χ4n) is 2.62. The van der Waals surface area contributed by atoms with Crippen molar-refractivity contribution in [3.63, 3.8) is 0 Å². The highest BCUT2D eigenvalue weighted by molar-refractivity contribution is 7.90. The van der Waals surface area contributed by atoms with Gasteiger partial charge in [0.15, 0.2) is 6.73 Å². The summed E-state index contributed by atoms with van der Waals surface area (Å²) in [5, 5.41) is 9.87. The Hall–Kier alpha value is -2.56. The van der Waals surface area contributed by atoms with Crippen LogP contribution in [-0.4, -0.2) is 29.5 Å². The van der Waals surface area contributed by atoms with E-state index in [1.807, 2.05) is 29.2 Å². The molecule has 140 valence electrons. The highest BCUT2D eigenvalue weighted by Gasteiger charge is 2.24. The molecule has 3 aromatic rings. The highest BCUT2D eigenvalue weighted by Crippen LogP contribution is 2.37. The van der Waals surface area contributed by atoms with E-state index >= 15 is 0 Å². The summed E-state index contributed by atoms with van der Waals surface area (Å²) >= 11 is 6.61. The smallest absolute Gasteiger partial charge is 0.285 e. The van der Waals surface area contributed by atoms with E-state index in [9.17, 15) is 13.6 Å². The van der Waals surface area contributed by atoms with Crippen LogP contribution in [0.25, 0.3) is 0 Å². The summed E-state index contributed by atoms with van der Waals surface area (Å²) in [4.78, 5) is 5.62. The number of hydrogen-bond acceptors (Lipinski definition) is 7. The Balaban J connectivity index is 1.60. The molecule has 0 atom stereocenters. The molecule has 2 heterocycles. The van der Waals surface area contributed by atoms with Crippen LogP contribution in [0.1, 0.15) is 5.56 Å². The highest BCUT2D eigenvalue weighted by atomic mass is 35.5. The topological polar surface area (TPSA) is 97.0 Å². The van der Waals surface area contributed by atoms with Crippen LogP contribution in [-0.2, 0) is 16.6 Å². The Bertz CT molecular complexity index is 1160. The van der Waals surface area contributed by atoms with Gasteiger partial charge in [-0.3, -0.25) is 0 Å². The molecule has 8 nitrogen and oxygen atoms in total. The Kier molecular flexibility index (Phi) is 4.54. The second kappa shape index (κ2) is 6.87. The minimum absolute atomic E-state index is 0.00529. The quantitative estimate of drug-likeness (QED) is 0.646. The summed E-state index contributed by atoms with van der Waals surface area (Å²) in [6, 6.07) is 12.1. The minimum atomic E-state index is -3.97. The number of hydrogen-bond donors (Lipinski definition) is 1. The molecule has 1 aromatic heterocycles. The Morgan fingerprint density at radius 3 is 2.74 bits per heavy atom. The average Bonchev–Trinajstić information content (AvgIpc) is 3.22. The molecule has 4 rings (SSSR count). The molecule has 0 saturated carbocycles. The van der Waals surface area contributed by atoms with Gasteiger partial charge in [-0.25, -0.2) is 4.98 Å². The van der Waals surface area contributed by atoms with Gasteiger partial charge in [-0.1, -0.05) is 23.7 Å². The molecule has 2 aromatic carbocycles. The van der Waals surface area contributed by atoms with Crippen LogP contribution in [0.4, 0.5) is 5.69 Å². The van der Waals surface area contributed by atoms with Crippen LogP contribution in [0.5, 0.6) is 5.75 Å². The molecule has 1 aliphatic heterocycles. The third-order valence-corrected chi connectivity index (χ3v) is 6.14. The lowest BCUT2D eigenvalue weighted by Crippen LogP contribution is -2.21. The molecule has 0 amide bonds. The maximum atomic E-state index is 12.4. The van der Waals surface area contributed by atoms with Crippen LogP contribution in [0.15, 0.2) is 58.1 Å². The van der Waals surface area contributed by atoms with E-state index in [0.29, 0.717) is 39.7 Å². The second-order valence-corrected chi connectivity index (χ2v) is 8.68. The van der Waals surface area contributed by atoms with Crippen LogP contribution in [0, 0.1) is 0 Å². The third-order valence-electron chi connectivity index (χ3n) is 3.87. The number of benzene rings is 2. The SMILES string of the molecule is O=S(=O)(N=c1ncn(O)s1)c1ccc2c(c1)OCN2Cc1ccc(Cl)cc1. The summed E-state index contributed by atoms with van der Waals surface area (Å²) in [5.74, 6) is 0.469. The van der Waals surface area contributed by atoms with Crippen LogP contribution < -0.4 is 14.4 Å². The van der Waals surface area contributed by atoms with E-state index in [1.54, 1.807) is 6.07 Å². The molecular weight excluding hydrogens is 412 g/mol. The number of fused-ring (bicyclic) bond motifs is 1. The standard InChI is InChI=1S/C16H13ClN4O4S2/c17-12-3-1-11(2-4-12)8-20-10-25-15-7-13(5-6-14(15)20)27(23,24)19-16-18-9-21(22)26-16/h1-7,9,22H,8,10H2. The number of aromatic nitrogens is 2. The fourth-order valence-corrected chi connectivity index (χ4v) is 4.38. The Morgan fingerprint density at radius 2 is 2.04 bits per heavy atom.